The summed E-state index contributed by atoms with van der Waals surface area (Å²) in [6.45, 7) is 0. The van der Waals surface area contributed by atoms with Crippen LogP contribution in [0, 0.1) is 0 Å². The molecule has 0 bridgehead atoms. The minimum absolute atomic E-state index is 0.922. The van der Waals surface area contributed by atoms with Gasteiger partial charge in [0.15, 0.2) is 0 Å². The highest BCUT2D eigenvalue weighted by Gasteiger charge is 2.16. The molecule has 2 nitrogen and oxygen atoms in total. The molecule has 0 aliphatic heterocycles. The Balaban J connectivity index is 1.13. The lowest BCUT2D eigenvalue weighted by Crippen LogP contribution is -1.90. The molecule has 208 valence electrons. The molecule has 2 heteroatoms. The van der Waals surface area contributed by atoms with Gasteiger partial charge in [-0.1, -0.05) is 127 Å². The van der Waals surface area contributed by atoms with Crippen molar-refractivity contribution in [3.63, 3.8) is 0 Å². The average Bonchev–Trinajstić information content (AvgIpc) is 3.49. The second kappa shape index (κ2) is 9.25. The predicted octanol–water partition coefficient (Wildman–Crippen LogP) is 12.0. The Morgan fingerprint density at radius 3 is 1.80 bits per heavy atom. The van der Waals surface area contributed by atoms with E-state index in [9.17, 15) is 0 Å². The SMILES string of the molecule is c1ccc2ncc(-c3ccc4ccc5c(-c6ccc(-c7cccc8c7oc7ccccc78)cc6)ccc6ccc3c4c65)cc2c1. The third-order valence-corrected chi connectivity index (χ3v) is 9.48. The van der Waals surface area contributed by atoms with Gasteiger partial charge in [-0.2, -0.15) is 0 Å². The van der Waals surface area contributed by atoms with Crippen molar-refractivity contribution in [2.75, 3.05) is 0 Å². The van der Waals surface area contributed by atoms with Gasteiger partial charge in [0, 0.05) is 33.5 Å². The first kappa shape index (κ1) is 24.5. The Hall–Kier alpha value is -5.99. The maximum absolute atomic E-state index is 6.33. The lowest BCUT2D eigenvalue weighted by molar-refractivity contribution is 0.670. The number of para-hydroxylation sites is 3. The Labute approximate surface area is 259 Å². The smallest absolute Gasteiger partial charge is 0.143 e. The van der Waals surface area contributed by atoms with Crippen LogP contribution in [0.1, 0.15) is 0 Å². The molecule has 0 aliphatic carbocycles. The molecular formula is C43H25NO. The number of nitrogens with zero attached hydrogens (tertiary/aromatic N) is 1. The molecule has 0 aliphatic rings. The molecule has 2 heterocycles. The average molecular weight is 572 g/mol. The maximum Gasteiger partial charge on any atom is 0.143 e. The van der Waals surface area contributed by atoms with Crippen LogP contribution in [0.3, 0.4) is 0 Å². The van der Waals surface area contributed by atoms with Crippen molar-refractivity contribution in [2.24, 2.45) is 0 Å². The highest BCUT2D eigenvalue weighted by atomic mass is 16.3. The molecule has 0 saturated heterocycles. The van der Waals surface area contributed by atoms with Crippen LogP contribution in [0.2, 0.25) is 0 Å². The second-order valence-electron chi connectivity index (χ2n) is 11.9. The van der Waals surface area contributed by atoms with Crippen LogP contribution in [0.15, 0.2) is 156 Å². The van der Waals surface area contributed by atoms with E-state index < -0.39 is 0 Å². The standard InChI is InChI=1S/C43H25NO/c1-3-10-39-30(6-1)24-31(25-44-39)33-21-17-29-18-22-36-32(20-16-28-19-23-37(33)42(29)41(28)36)26-12-14-27(15-13-26)34-8-5-9-38-35-7-2-4-11-40(35)45-43(34)38/h1-25H. The zero-order valence-electron chi connectivity index (χ0n) is 24.3. The fourth-order valence-corrected chi connectivity index (χ4v) is 7.33. The monoisotopic (exact) mass is 571 g/mol. The summed E-state index contributed by atoms with van der Waals surface area (Å²) >= 11 is 0. The van der Waals surface area contributed by atoms with Crippen molar-refractivity contribution in [3.05, 3.63) is 152 Å². The number of rotatable bonds is 3. The molecule has 10 aromatic rings. The van der Waals surface area contributed by atoms with E-state index in [2.05, 4.69) is 127 Å². The molecule has 0 amide bonds. The summed E-state index contributed by atoms with van der Waals surface area (Å²) in [6, 6.07) is 52.3. The summed E-state index contributed by atoms with van der Waals surface area (Å²) in [4.78, 5) is 4.77. The van der Waals surface area contributed by atoms with Crippen molar-refractivity contribution in [1.29, 1.82) is 0 Å². The molecule has 0 unspecified atom stereocenters. The Morgan fingerprint density at radius 1 is 0.400 bits per heavy atom. The first-order valence-electron chi connectivity index (χ1n) is 15.4. The van der Waals surface area contributed by atoms with Gasteiger partial charge in [-0.05, 0) is 72.8 Å². The van der Waals surface area contributed by atoms with Gasteiger partial charge in [0.2, 0.25) is 0 Å². The fourth-order valence-electron chi connectivity index (χ4n) is 7.33. The molecule has 0 N–H and O–H groups in total. The van der Waals surface area contributed by atoms with Gasteiger partial charge in [-0.25, -0.2) is 0 Å². The molecule has 0 atom stereocenters. The number of aromatic nitrogens is 1. The van der Waals surface area contributed by atoms with E-state index in [0.29, 0.717) is 0 Å². The van der Waals surface area contributed by atoms with Crippen molar-refractivity contribution in [1.82, 2.24) is 4.98 Å². The van der Waals surface area contributed by atoms with E-state index >= 15 is 0 Å². The van der Waals surface area contributed by atoms with Crippen molar-refractivity contribution < 1.29 is 4.42 Å². The molecule has 10 rings (SSSR count). The van der Waals surface area contributed by atoms with Crippen LogP contribution in [0.4, 0.5) is 0 Å². The quantitative estimate of drug-likeness (QED) is 0.197. The predicted molar refractivity (Wildman–Crippen MR) is 189 cm³/mol. The molecular weight excluding hydrogens is 546 g/mol. The fraction of sp³-hybridized carbons (Fsp3) is 0. The minimum Gasteiger partial charge on any atom is -0.455 e. The highest BCUT2D eigenvalue weighted by molar-refractivity contribution is 6.27. The zero-order valence-corrected chi connectivity index (χ0v) is 24.3. The molecule has 45 heavy (non-hydrogen) atoms. The summed E-state index contributed by atoms with van der Waals surface area (Å²) in [5, 5.41) is 11.1. The van der Waals surface area contributed by atoms with Crippen LogP contribution in [-0.2, 0) is 0 Å². The largest absolute Gasteiger partial charge is 0.455 e. The number of hydrogen-bond donors (Lipinski definition) is 0. The van der Waals surface area contributed by atoms with E-state index in [1.54, 1.807) is 0 Å². The van der Waals surface area contributed by atoms with E-state index in [0.717, 1.165) is 49.5 Å². The number of pyridine rings is 1. The van der Waals surface area contributed by atoms with E-state index in [-0.39, 0.29) is 0 Å². The highest BCUT2D eigenvalue weighted by Crippen LogP contribution is 2.43. The van der Waals surface area contributed by atoms with Gasteiger partial charge in [-0.3, -0.25) is 4.98 Å². The van der Waals surface area contributed by atoms with Gasteiger partial charge in [-0.15, -0.1) is 0 Å². The molecule has 0 fully saturated rings. The first-order valence-corrected chi connectivity index (χ1v) is 15.4. The van der Waals surface area contributed by atoms with Gasteiger partial charge < -0.3 is 4.42 Å². The Morgan fingerprint density at radius 2 is 1.02 bits per heavy atom. The van der Waals surface area contributed by atoms with E-state index in [1.807, 2.05) is 24.4 Å². The number of hydrogen-bond acceptors (Lipinski definition) is 2. The summed E-state index contributed by atoms with van der Waals surface area (Å²) in [5.41, 5.74) is 9.93. The summed E-state index contributed by atoms with van der Waals surface area (Å²) < 4.78 is 6.33. The Kier molecular flexibility index (Phi) is 5.03. The molecule has 0 spiro atoms. The summed E-state index contributed by atoms with van der Waals surface area (Å²) in [7, 11) is 0. The number of fused-ring (bicyclic) bond motifs is 4. The lowest BCUT2D eigenvalue weighted by Gasteiger charge is -2.17. The van der Waals surface area contributed by atoms with E-state index in [4.69, 9.17) is 9.40 Å². The molecule has 2 aromatic heterocycles. The third-order valence-electron chi connectivity index (χ3n) is 9.48. The van der Waals surface area contributed by atoms with Gasteiger partial charge >= 0.3 is 0 Å². The molecule has 0 radical (unpaired) electrons. The second-order valence-corrected chi connectivity index (χ2v) is 11.9. The summed E-state index contributed by atoms with van der Waals surface area (Å²) in [6.07, 6.45) is 2.01. The number of benzene rings is 8. The van der Waals surface area contributed by atoms with Crippen LogP contribution >= 0.6 is 0 Å². The third kappa shape index (κ3) is 3.60. The molecule has 0 saturated carbocycles. The van der Waals surface area contributed by atoms with Gasteiger partial charge in [0.1, 0.15) is 11.2 Å². The first-order chi connectivity index (χ1) is 22.3. The van der Waals surface area contributed by atoms with Crippen molar-refractivity contribution in [2.45, 2.75) is 0 Å². The van der Waals surface area contributed by atoms with Crippen molar-refractivity contribution >= 4 is 65.2 Å². The minimum atomic E-state index is 0.922. The maximum atomic E-state index is 6.33. The zero-order chi connectivity index (χ0) is 29.5. The van der Waals surface area contributed by atoms with Crippen LogP contribution in [0.25, 0.3) is 98.5 Å². The normalized spacial score (nSPS) is 12.0. The Bertz CT molecular complexity index is 2750. The van der Waals surface area contributed by atoms with Gasteiger partial charge in [0.25, 0.3) is 0 Å². The van der Waals surface area contributed by atoms with Crippen LogP contribution in [0.5, 0.6) is 0 Å². The topological polar surface area (TPSA) is 26.0 Å². The van der Waals surface area contributed by atoms with E-state index in [1.165, 1.54) is 49.0 Å². The van der Waals surface area contributed by atoms with Crippen molar-refractivity contribution in [3.8, 4) is 33.4 Å². The summed E-state index contributed by atoms with van der Waals surface area (Å²) in [5.74, 6) is 0. The van der Waals surface area contributed by atoms with Crippen LogP contribution < -0.4 is 0 Å². The lowest BCUT2D eigenvalue weighted by atomic mass is 9.87. The molecule has 8 aromatic carbocycles. The number of furan rings is 1. The van der Waals surface area contributed by atoms with Crippen LogP contribution in [-0.4, -0.2) is 4.98 Å². The van der Waals surface area contributed by atoms with Gasteiger partial charge in [0.05, 0.1) is 5.52 Å².